The van der Waals surface area contributed by atoms with Gasteiger partial charge in [-0.05, 0) is 23.1 Å². The lowest BCUT2D eigenvalue weighted by atomic mass is 9.98. The average molecular weight is 172 g/mol. The molecular formula is C13H16. The van der Waals surface area contributed by atoms with Crippen LogP contribution in [0.5, 0.6) is 0 Å². The first-order valence-electron chi connectivity index (χ1n) is 4.68. The third-order valence-corrected chi connectivity index (χ3v) is 2.10. The van der Waals surface area contributed by atoms with Gasteiger partial charge in [0.15, 0.2) is 0 Å². The van der Waals surface area contributed by atoms with Crippen molar-refractivity contribution in [1.82, 2.24) is 0 Å². The van der Waals surface area contributed by atoms with E-state index in [1.165, 1.54) is 5.56 Å². The Bertz CT molecular complexity index is 293. The molecule has 0 radical (unpaired) electrons. The summed E-state index contributed by atoms with van der Waals surface area (Å²) in [4.78, 5) is 0. The second kappa shape index (κ2) is 4.66. The van der Waals surface area contributed by atoms with Crippen molar-refractivity contribution in [3.8, 4) is 0 Å². The van der Waals surface area contributed by atoms with Gasteiger partial charge in [0.2, 0.25) is 0 Å². The lowest BCUT2D eigenvalue weighted by Gasteiger charge is -2.07. The van der Waals surface area contributed by atoms with Crippen LogP contribution in [0.3, 0.4) is 0 Å². The highest BCUT2D eigenvalue weighted by Crippen LogP contribution is 2.22. The number of hydrogen-bond donors (Lipinski definition) is 0. The van der Waals surface area contributed by atoms with Gasteiger partial charge in [0.1, 0.15) is 0 Å². The largest absolute Gasteiger partial charge is 0.0952 e. The Morgan fingerprint density at radius 1 is 1.15 bits per heavy atom. The summed E-state index contributed by atoms with van der Waals surface area (Å²) < 4.78 is 0. The van der Waals surface area contributed by atoms with Crippen LogP contribution in [-0.2, 0) is 0 Å². The van der Waals surface area contributed by atoms with E-state index in [4.69, 9.17) is 0 Å². The quantitative estimate of drug-likeness (QED) is 0.601. The predicted octanol–water partition coefficient (Wildman–Crippen LogP) is 4.06. The first kappa shape index (κ1) is 9.79. The third-order valence-electron chi connectivity index (χ3n) is 2.10. The molecule has 13 heavy (non-hydrogen) atoms. The Balaban J connectivity index is 2.74. The third kappa shape index (κ3) is 2.59. The van der Waals surface area contributed by atoms with Crippen LogP contribution in [0.15, 0.2) is 49.1 Å². The van der Waals surface area contributed by atoms with Crippen molar-refractivity contribution >= 4 is 5.57 Å². The topological polar surface area (TPSA) is 0 Å². The van der Waals surface area contributed by atoms with Gasteiger partial charge in [0.05, 0.1) is 0 Å². The Labute approximate surface area is 80.6 Å². The monoisotopic (exact) mass is 172 g/mol. The highest BCUT2D eigenvalue weighted by molar-refractivity contribution is 5.76. The molecule has 0 heteroatoms. The van der Waals surface area contributed by atoms with Crippen molar-refractivity contribution in [3.63, 3.8) is 0 Å². The first-order chi connectivity index (χ1) is 6.25. The molecule has 0 aliphatic carbocycles. The van der Waals surface area contributed by atoms with Crippen LogP contribution in [-0.4, -0.2) is 0 Å². The number of hydrogen-bond acceptors (Lipinski definition) is 0. The van der Waals surface area contributed by atoms with Crippen LogP contribution >= 0.6 is 0 Å². The van der Waals surface area contributed by atoms with Gasteiger partial charge in [-0.15, -0.1) is 0 Å². The lowest BCUT2D eigenvalue weighted by Crippen LogP contribution is -1.86. The molecule has 0 atom stereocenters. The van der Waals surface area contributed by atoms with Crippen LogP contribution in [0.2, 0.25) is 0 Å². The molecule has 0 heterocycles. The molecule has 1 aromatic carbocycles. The van der Waals surface area contributed by atoms with Crippen LogP contribution in [0.4, 0.5) is 0 Å². The molecule has 0 unspecified atom stereocenters. The van der Waals surface area contributed by atoms with E-state index in [0.717, 1.165) is 24.0 Å². The zero-order valence-electron chi connectivity index (χ0n) is 8.22. The van der Waals surface area contributed by atoms with E-state index in [9.17, 15) is 0 Å². The molecule has 0 aliphatic heterocycles. The van der Waals surface area contributed by atoms with Gasteiger partial charge in [0.25, 0.3) is 0 Å². The maximum atomic E-state index is 4.04. The van der Waals surface area contributed by atoms with Crippen molar-refractivity contribution in [3.05, 3.63) is 54.6 Å². The summed E-state index contributed by atoms with van der Waals surface area (Å²) in [5, 5.41) is 0. The molecule has 0 saturated heterocycles. The van der Waals surface area contributed by atoms with Crippen molar-refractivity contribution in [2.24, 2.45) is 0 Å². The summed E-state index contributed by atoms with van der Waals surface area (Å²) in [6.45, 7) is 10.2. The second-order valence-electron chi connectivity index (χ2n) is 3.20. The second-order valence-corrected chi connectivity index (χ2v) is 3.20. The van der Waals surface area contributed by atoms with Gasteiger partial charge in [-0.2, -0.15) is 0 Å². The highest BCUT2D eigenvalue weighted by atomic mass is 14.1. The molecule has 0 nitrogen and oxygen atoms in total. The lowest BCUT2D eigenvalue weighted by molar-refractivity contribution is 0.934. The Morgan fingerprint density at radius 3 is 2.31 bits per heavy atom. The summed E-state index contributed by atoms with van der Waals surface area (Å²) in [5.41, 5.74) is 3.40. The maximum absolute atomic E-state index is 4.04. The van der Waals surface area contributed by atoms with Gasteiger partial charge >= 0.3 is 0 Å². The van der Waals surface area contributed by atoms with Crippen molar-refractivity contribution in [2.45, 2.75) is 19.8 Å². The minimum absolute atomic E-state index is 1.04. The Hall–Kier alpha value is -1.30. The molecule has 0 amide bonds. The van der Waals surface area contributed by atoms with Gasteiger partial charge in [-0.3, -0.25) is 0 Å². The van der Waals surface area contributed by atoms with Gasteiger partial charge in [-0.25, -0.2) is 0 Å². The number of benzene rings is 1. The molecule has 0 saturated carbocycles. The van der Waals surface area contributed by atoms with Crippen molar-refractivity contribution in [1.29, 1.82) is 0 Å². The standard InChI is InChI=1S/C13H16/c1-4-8-11(2)12(3)13-9-6-5-7-10-13/h5-7,9-10H,2-4,8H2,1H3. The minimum Gasteiger partial charge on any atom is -0.0952 e. The van der Waals surface area contributed by atoms with Crippen molar-refractivity contribution < 1.29 is 0 Å². The molecular weight excluding hydrogens is 156 g/mol. The first-order valence-corrected chi connectivity index (χ1v) is 4.68. The van der Waals surface area contributed by atoms with E-state index in [1.807, 2.05) is 18.2 Å². The average Bonchev–Trinajstić information content (AvgIpc) is 2.18. The smallest absolute Gasteiger partial charge is 0.0187 e. The molecule has 1 aromatic rings. The number of allylic oxidation sites excluding steroid dienone is 2. The van der Waals surface area contributed by atoms with Gasteiger partial charge < -0.3 is 0 Å². The zero-order chi connectivity index (χ0) is 9.68. The molecule has 0 bridgehead atoms. The molecule has 68 valence electrons. The van der Waals surface area contributed by atoms with E-state index in [0.29, 0.717) is 0 Å². The normalized spacial score (nSPS) is 9.62. The predicted molar refractivity (Wildman–Crippen MR) is 59.5 cm³/mol. The molecule has 1 rings (SSSR count). The fourth-order valence-electron chi connectivity index (χ4n) is 1.30. The van der Waals surface area contributed by atoms with Crippen molar-refractivity contribution in [2.75, 3.05) is 0 Å². The number of rotatable bonds is 4. The van der Waals surface area contributed by atoms with E-state index in [1.54, 1.807) is 0 Å². The molecule has 0 N–H and O–H groups in total. The minimum atomic E-state index is 1.04. The fourth-order valence-corrected chi connectivity index (χ4v) is 1.30. The highest BCUT2D eigenvalue weighted by Gasteiger charge is 2.00. The summed E-state index contributed by atoms with van der Waals surface area (Å²) in [7, 11) is 0. The summed E-state index contributed by atoms with van der Waals surface area (Å²) >= 11 is 0. The maximum Gasteiger partial charge on any atom is -0.0187 e. The van der Waals surface area contributed by atoms with Crippen LogP contribution in [0, 0.1) is 0 Å². The zero-order valence-corrected chi connectivity index (χ0v) is 8.22. The SMILES string of the molecule is C=C(CCC)C(=C)c1ccccc1. The van der Waals surface area contributed by atoms with Gasteiger partial charge in [0, 0.05) is 0 Å². The van der Waals surface area contributed by atoms with E-state index < -0.39 is 0 Å². The fraction of sp³-hybridized carbons (Fsp3) is 0.231. The summed E-state index contributed by atoms with van der Waals surface area (Å²) in [6, 6.07) is 10.2. The van der Waals surface area contributed by atoms with E-state index >= 15 is 0 Å². The summed E-state index contributed by atoms with van der Waals surface area (Å²) in [6.07, 6.45) is 2.17. The Morgan fingerprint density at radius 2 is 1.77 bits per heavy atom. The Kier molecular flexibility index (Phi) is 3.51. The molecule has 0 spiro atoms. The summed E-state index contributed by atoms with van der Waals surface area (Å²) in [5.74, 6) is 0. The van der Waals surface area contributed by atoms with E-state index in [2.05, 4.69) is 32.2 Å². The van der Waals surface area contributed by atoms with Crippen LogP contribution < -0.4 is 0 Å². The van der Waals surface area contributed by atoms with E-state index in [-0.39, 0.29) is 0 Å². The van der Waals surface area contributed by atoms with Gasteiger partial charge in [-0.1, -0.05) is 56.8 Å². The molecule has 0 fully saturated rings. The molecule has 0 aromatic heterocycles. The van der Waals surface area contributed by atoms with Crippen LogP contribution in [0.1, 0.15) is 25.3 Å². The van der Waals surface area contributed by atoms with Crippen LogP contribution in [0.25, 0.3) is 5.57 Å². The molecule has 0 aliphatic rings.